The largest absolute Gasteiger partial charge is 0.314 e. The second-order valence-corrected chi connectivity index (χ2v) is 5.33. The Bertz CT molecular complexity index is 614. The minimum absolute atomic E-state index is 0.126. The molecule has 0 saturated carbocycles. The van der Waals surface area contributed by atoms with Crippen LogP contribution in [0.3, 0.4) is 0 Å². The maximum atomic E-state index is 13.7. The van der Waals surface area contributed by atoms with E-state index in [4.69, 9.17) is 5.26 Å². The lowest BCUT2D eigenvalue weighted by Crippen LogP contribution is -2.43. The zero-order valence-corrected chi connectivity index (χ0v) is 10.6. The Morgan fingerprint density at radius 1 is 1.26 bits per heavy atom. The molecule has 1 amide bonds. The van der Waals surface area contributed by atoms with Crippen molar-refractivity contribution in [3.8, 4) is 6.07 Å². The van der Waals surface area contributed by atoms with Crippen molar-refractivity contribution in [2.75, 3.05) is 0 Å². The Morgan fingerprint density at radius 3 is 2.32 bits per heavy atom. The average molecular weight is 268 g/mol. The first-order chi connectivity index (χ1) is 8.70. The molecule has 0 aromatic heterocycles. The standard InChI is InChI=1S/C13H11F3N2O/c1-13(2,3)18-8(5-17)6-4-7(14)10(15)11(16)9(6)12(18)19/h4,8H,1-3H3. The SMILES string of the molecule is CC(C)(C)N1C(=O)c2c(cc(F)c(F)c2F)C1C#N. The summed E-state index contributed by atoms with van der Waals surface area (Å²) in [7, 11) is 0. The molecule has 1 aromatic carbocycles. The first kappa shape index (κ1) is 13.4. The molecule has 0 bridgehead atoms. The number of hydrogen-bond acceptors (Lipinski definition) is 2. The molecular formula is C13H11F3N2O. The summed E-state index contributed by atoms with van der Waals surface area (Å²) in [5.41, 5.74) is -1.45. The third-order valence-electron chi connectivity index (χ3n) is 3.02. The van der Waals surface area contributed by atoms with E-state index in [1.54, 1.807) is 20.8 Å². The monoisotopic (exact) mass is 268 g/mol. The quantitative estimate of drug-likeness (QED) is 0.679. The highest BCUT2D eigenvalue weighted by Gasteiger charge is 2.45. The number of carbonyl (C=O) groups excluding carboxylic acids is 1. The number of fused-ring (bicyclic) bond motifs is 1. The summed E-state index contributed by atoms with van der Waals surface area (Å²) in [5.74, 6) is -5.43. The fourth-order valence-corrected chi connectivity index (χ4v) is 2.24. The molecule has 1 aliphatic heterocycles. The van der Waals surface area contributed by atoms with Gasteiger partial charge in [0.1, 0.15) is 6.04 Å². The topological polar surface area (TPSA) is 44.1 Å². The minimum atomic E-state index is -1.69. The molecule has 1 aromatic rings. The molecular weight excluding hydrogens is 257 g/mol. The number of carbonyl (C=O) groups is 1. The van der Waals surface area contributed by atoms with Crippen molar-refractivity contribution in [3.05, 3.63) is 34.6 Å². The Balaban J connectivity index is 2.74. The summed E-state index contributed by atoms with van der Waals surface area (Å²) >= 11 is 0. The van der Waals surface area contributed by atoms with Gasteiger partial charge in [0.05, 0.1) is 11.6 Å². The summed E-state index contributed by atoms with van der Waals surface area (Å²) in [6.07, 6.45) is 0. The van der Waals surface area contributed by atoms with E-state index in [2.05, 4.69) is 0 Å². The van der Waals surface area contributed by atoms with Gasteiger partial charge in [0, 0.05) is 11.1 Å². The van der Waals surface area contributed by atoms with Crippen molar-refractivity contribution in [2.45, 2.75) is 32.4 Å². The van der Waals surface area contributed by atoms with E-state index in [-0.39, 0.29) is 5.56 Å². The molecule has 3 nitrogen and oxygen atoms in total. The van der Waals surface area contributed by atoms with Crippen molar-refractivity contribution in [1.29, 1.82) is 5.26 Å². The van der Waals surface area contributed by atoms with Gasteiger partial charge in [0.25, 0.3) is 5.91 Å². The molecule has 1 atom stereocenters. The van der Waals surface area contributed by atoms with Gasteiger partial charge in [0.2, 0.25) is 0 Å². The van der Waals surface area contributed by atoms with Gasteiger partial charge in [-0.2, -0.15) is 5.26 Å². The summed E-state index contributed by atoms with van der Waals surface area (Å²) in [5, 5.41) is 9.13. The number of rotatable bonds is 0. The van der Waals surface area contributed by atoms with E-state index in [9.17, 15) is 18.0 Å². The zero-order chi connectivity index (χ0) is 14.5. The van der Waals surface area contributed by atoms with Crippen LogP contribution in [0.15, 0.2) is 6.07 Å². The Morgan fingerprint density at radius 2 is 1.84 bits per heavy atom. The molecule has 0 aliphatic carbocycles. The maximum absolute atomic E-state index is 13.7. The van der Waals surface area contributed by atoms with Crippen LogP contribution in [-0.4, -0.2) is 16.3 Å². The predicted octanol–water partition coefficient (Wildman–Crippen LogP) is 2.92. The molecule has 0 spiro atoms. The van der Waals surface area contributed by atoms with Crippen LogP contribution in [-0.2, 0) is 0 Å². The van der Waals surface area contributed by atoms with Crippen molar-refractivity contribution in [2.24, 2.45) is 0 Å². The van der Waals surface area contributed by atoms with E-state index in [0.29, 0.717) is 6.07 Å². The second-order valence-electron chi connectivity index (χ2n) is 5.33. The van der Waals surface area contributed by atoms with Gasteiger partial charge in [-0.25, -0.2) is 13.2 Å². The highest BCUT2D eigenvalue weighted by Crippen LogP contribution is 2.40. The van der Waals surface area contributed by atoms with Gasteiger partial charge < -0.3 is 4.90 Å². The Hall–Kier alpha value is -2.03. The summed E-state index contributed by atoms with van der Waals surface area (Å²) < 4.78 is 40.2. The van der Waals surface area contributed by atoms with Crippen LogP contribution in [0.2, 0.25) is 0 Å². The lowest BCUT2D eigenvalue weighted by molar-refractivity contribution is 0.0564. The highest BCUT2D eigenvalue weighted by atomic mass is 19.2. The molecule has 0 saturated heterocycles. The van der Waals surface area contributed by atoms with Crippen LogP contribution in [0.4, 0.5) is 13.2 Å². The summed E-state index contributed by atoms with van der Waals surface area (Å²) in [6, 6.07) is 1.43. The smallest absolute Gasteiger partial charge is 0.259 e. The normalized spacial score (nSPS) is 18.5. The Labute approximate surface area is 108 Å². The fraction of sp³-hybridized carbons (Fsp3) is 0.385. The lowest BCUT2D eigenvalue weighted by atomic mass is 10.0. The number of halogens is 3. The number of hydrogen-bond donors (Lipinski definition) is 0. The maximum Gasteiger partial charge on any atom is 0.259 e. The molecule has 0 fully saturated rings. The molecule has 0 N–H and O–H groups in total. The van der Waals surface area contributed by atoms with Crippen molar-refractivity contribution in [3.63, 3.8) is 0 Å². The minimum Gasteiger partial charge on any atom is -0.314 e. The van der Waals surface area contributed by atoms with Gasteiger partial charge in [-0.3, -0.25) is 4.79 Å². The van der Waals surface area contributed by atoms with Crippen molar-refractivity contribution in [1.82, 2.24) is 4.90 Å². The van der Waals surface area contributed by atoms with Crippen LogP contribution >= 0.6 is 0 Å². The van der Waals surface area contributed by atoms with Crippen LogP contribution in [0, 0.1) is 28.8 Å². The van der Waals surface area contributed by atoms with E-state index < -0.39 is 40.5 Å². The van der Waals surface area contributed by atoms with Crippen molar-refractivity contribution >= 4 is 5.91 Å². The molecule has 1 heterocycles. The van der Waals surface area contributed by atoms with Gasteiger partial charge in [-0.1, -0.05) is 0 Å². The molecule has 6 heteroatoms. The van der Waals surface area contributed by atoms with Crippen LogP contribution in [0.1, 0.15) is 42.7 Å². The highest BCUT2D eigenvalue weighted by molar-refractivity contribution is 6.00. The van der Waals surface area contributed by atoms with Gasteiger partial charge in [0.15, 0.2) is 17.5 Å². The fourth-order valence-electron chi connectivity index (χ4n) is 2.24. The van der Waals surface area contributed by atoms with E-state index in [0.717, 1.165) is 4.90 Å². The third-order valence-corrected chi connectivity index (χ3v) is 3.02. The van der Waals surface area contributed by atoms with Crippen LogP contribution in [0.25, 0.3) is 0 Å². The van der Waals surface area contributed by atoms with Gasteiger partial charge in [-0.05, 0) is 26.8 Å². The second kappa shape index (κ2) is 3.98. The van der Waals surface area contributed by atoms with Crippen molar-refractivity contribution < 1.29 is 18.0 Å². The predicted molar refractivity (Wildman–Crippen MR) is 60.6 cm³/mol. The molecule has 1 unspecified atom stereocenters. The zero-order valence-electron chi connectivity index (χ0n) is 10.6. The first-order valence-electron chi connectivity index (χ1n) is 5.60. The molecule has 1 aliphatic rings. The van der Waals surface area contributed by atoms with E-state index in [1.807, 2.05) is 6.07 Å². The molecule has 100 valence electrons. The average Bonchev–Trinajstić information content (AvgIpc) is 2.58. The lowest BCUT2D eigenvalue weighted by Gasteiger charge is -2.34. The molecule has 2 rings (SSSR count). The third kappa shape index (κ3) is 1.77. The van der Waals surface area contributed by atoms with Gasteiger partial charge >= 0.3 is 0 Å². The molecule has 0 radical (unpaired) electrons. The molecule has 19 heavy (non-hydrogen) atoms. The Kier molecular flexibility index (Phi) is 2.81. The first-order valence-corrected chi connectivity index (χ1v) is 5.60. The van der Waals surface area contributed by atoms with Crippen LogP contribution < -0.4 is 0 Å². The number of nitriles is 1. The van der Waals surface area contributed by atoms with E-state index >= 15 is 0 Å². The van der Waals surface area contributed by atoms with Crippen LogP contribution in [0.5, 0.6) is 0 Å². The summed E-state index contributed by atoms with van der Waals surface area (Å²) in [4.78, 5) is 13.3. The van der Waals surface area contributed by atoms with Gasteiger partial charge in [-0.15, -0.1) is 0 Å². The number of amides is 1. The number of benzene rings is 1. The number of nitrogens with zero attached hydrogens (tertiary/aromatic N) is 2. The van der Waals surface area contributed by atoms with E-state index in [1.165, 1.54) is 0 Å². The summed E-state index contributed by atoms with van der Waals surface area (Å²) in [6.45, 7) is 4.98.